The van der Waals surface area contributed by atoms with Crippen molar-refractivity contribution in [1.82, 2.24) is 9.21 Å². The molecule has 0 aliphatic carbocycles. The predicted octanol–water partition coefficient (Wildman–Crippen LogP) is -0.0446. The molecule has 0 aromatic heterocycles. The summed E-state index contributed by atoms with van der Waals surface area (Å²) < 4.78 is 27.1. The topological polar surface area (TPSA) is 91.2 Å². The van der Waals surface area contributed by atoms with Crippen molar-refractivity contribution >= 4 is 27.5 Å². The molecule has 1 unspecified atom stereocenters. The first-order valence-corrected chi connectivity index (χ1v) is 10.8. The van der Waals surface area contributed by atoms with E-state index in [9.17, 15) is 18.0 Å². The smallest absolute Gasteiger partial charge is 0.282 e. The first-order valence-electron chi connectivity index (χ1n) is 9.39. The monoisotopic (exact) mass is 413 g/mol. The zero-order chi connectivity index (χ0) is 21.6. The highest BCUT2D eigenvalue weighted by molar-refractivity contribution is 7.89. The fourth-order valence-electron chi connectivity index (χ4n) is 2.68. The molecule has 2 N–H and O–H groups in total. The minimum absolute atomic E-state index is 0.0694. The summed E-state index contributed by atoms with van der Waals surface area (Å²) in [6.45, 7) is 7.98. The predicted molar refractivity (Wildman–Crippen MR) is 110 cm³/mol. The third-order valence-electron chi connectivity index (χ3n) is 4.84. The Bertz CT molecular complexity index is 804. The zero-order valence-electron chi connectivity index (χ0n) is 17.9. The van der Waals surface area contributed by atoms with Crippen molar-refractivity contribution in [1.29, 1.82) is 0 Å². The van der Waals surface area contributed by atoms with E-state index in [1.807, 2.05) is 0 Å². The summed E-state index contributed by atoms with van der Waals surface area (Å²) in [5.74, 6) is -0.348. The number of likely N-dealkylation sites (N-methyl/N-ethyl adjacent to an activating group) is 2. The highest BCUT2D eigenvalue weighted by atomic mass is 32.2. The summed E-state index contributed by atoms with van der Waals surface area (Å²) in [7, 11) is 1.49. The Kier molecular flexibility index (Phi) is 8.59. The Morgan fingerprint density at radius 3 is 2.25 bits per heavy atom. The van der Waals surface area contributed by atoms with Crippen LogP contribution in [-0.4, -0.2) is 76.3 Å². The summed E-state index contributed by atoms with van der Waals surface area (Å²) in [6, 6.07) is 4.38. The minimum Gasteiger partial charge on any atom is -0.344 e. The van der Waals surface area contributed by atoms with Crippen molar-refractivity contribution in [3.05, 3.63) is 23.8 Å². The van der Waals surface area contributed by atoms with Gasteiger partial charge in [0.25, 0.3) is 11.8 Å². The van der Waals surface area contributed by atoms with Crippen LogP contribution in [0.15, 0.2) is 23.1 Å². The number of hydrogen-bond donors (Lipinski definition) is 2. The molecule has 0 heterocycles. The molecule has 0 aliphatic rings. The second-order valence-electron chi connectivity index (χ2n) is 7.09. The molecule has 0 saturated heterocycles. The molecule has 8 nitrogen and oxygen atoms in total. The first-order chi connectivity index (χ1) is 12.9. The van der Waals surface area contributed by atoms with Gasteiger partial charge in [0.1, 0.15) is 0 Å². The number of carbonyl (C=O) groups is 2. The minimum atomic E-state index is -3.63. The van der Waals surface area contributed by atoms with E-state index in [4.69, 9.17) is 0 Å². The van der Waals surface area contributed by atoms with Crippen molar-refractivity contribution in [2.24, 2.45) is 0 Å². The molecule has 0 aliphatic heterocycles. The Morgan fingerprint density at radius 1 is 1.18 bits per heavy atom. The van der Waals surface area contributed by atoms with Crippen LogP contribution in [0.4, 0.5) is 5.69 Å². The van der Waals surface area contributed by atoms with Crippen LogP contribution in [0.3, 0.4) is 0 Å². The number of carbonyl (C=O) groups excluding carboxylic acids is 2. The van der Waals surface area contributed by atoms with Crippen LogP contribution < -0.4 is 10.2 Å². The number of rotatable bonds is 9. The molecule has 158 valence electrons. The van der Waals surface area contributed by atoms with Gasteiger partial charge in [-0.25, -0.2) is 8.42 Å². The van der Waals surface area contributed by atoms with Gasteiger partial charge in [0.05, 0.1) is 11.9 Å². The Labute approximate surface area is 168 Å². The van der Waals surface area contributed by atoms with E-state index in [2.05, 4.69) is 5.32 Å². The van der Waals surface area contributed by atoms with Crippen LogP contribution in [0, 0.1) is 6.92 Å². The van der Waals surface area contributed by atoms with Crippen molar-refractivity contribution in [3.63, 3.8) is 0 Å². The maximum atomic E-state index is 12.8. The Hall–Kier alpha value is -1.97. The van der Waals surface area contributed by atoms with Gasteiger partial charge in [0.15, 0.2) is 12.6 Å². The van der Waals surface area contributed by atoms with E-state index in [0.29, 0.717) is 24.3 Å². The molecular formula is C19H33N4O4S+. The Balaban J connectivity index is 3.02. The number of quaternary nitrogens is 1. The number of aryl methyl sites for hydroxylation is 1. The van der Waals surface area contributed by atoms with Crippen molar-refractivity contribution in [2.45, 2.75) is 38.6 Å². The molecule has 0 fully saturated rings. The lowest BCUT2D eigenvalue weighted by atomic mass is 10.2. The molecule has 2 atom stereocenters. The molecular weight excluding hydrogens is 380 g/mol. The first kappa shape index (κ1) is 24.1. The van der Waals surface area contributed by atoms with Crippen molar-refractivity contribution in [3.8, 4) is 0 Å². The van der Waals surface area contributed by atoms with Gasteiger partial charge in [-0.3, -0.25) is 9.59 Å². The third kappa shape index (κ3) is 5.76. The molecule has 0 spiro atoms. The second-order valence-corrected chi connectivity index (χ2v) is 9.00. The molecule has 0 saturated carbocycles. The molecule has 28 heavy (non-hydrogen) atoms. The van der Waals surface area contributed by atoms with Gasteiger partial charge in [-0.05, 0) is 31.5 Å². The number of hydrogen-bond acceptors (Lipinski definition) is 4. The summed E-state index contributed by atoms with van der Waals surface area (Å²) in [5.41, 5.74) is 1.04. The average molecular weight is 414 g/mol. The van der Waals surface area contributed by atoms with Crippen LogP contribution in [0.2, 0.25) is 0 Å². The molecule has 0 bridgehead atoms. The molecule has 0 radical (unpaired) electrons. The van der Waals surface area contributed by atoms with Crippen LogP contribution in [0.25, 0.3) is 0 Å². The highest BCUT2D eigenvalue weighted by Gasteiger charge is 2.27. The number of anilines is 1. The maximum absolute atomic E-state index is 12.8. The average Bonchev–Trinajstić information content (AvgIpc) is 2.62. The summed E-state index contributed by atoms with van der Waals surface area (Å²) in [6.07, 6.45) is 0. The van der Waals surface area contributed by atoms with Gasteiger partial charge in [0.2, 0.25) is 10.0 Å². The van der Waals surface area contributed by atoms with E-state index in [-0.39, 0.29) is 23.3 Å². The SMILES string of the molecule is CCN(CC)S(=O)(=O)c1cc(NC(=O)[C@H](C)[NH+](C)CC(=O)N(C)C)ccc1C. The molecule has 9 heteroatoms. The normalized spacial score (nSPS) is 13.9. The lowest BCUT2D eigenvalue weighted by Gasteiger charge is -2.23. The number of sulfonamides is 1. The van der Waals surface area contributed by atoms with Crippen LogP contribution in [0.5, 0.6) is 0 Å². The second kappa shape index (κ2) is 9.99. The lowest BCUT2D eigenvalue weighted by Crippen LogP contribution is -3.15. The standard InChI is InChI=1S/C19H32N4O4S/c1-8-23(9-2)28(26,27)17-12-16(11-10-14(17)3)20-19(25)15(4)22(7)13-18(24)21(5)6/h10-12,15H,8-9,13H2,1-7H3,(H,20,25)/p+1/t15-/m0/s1. The zero-order valence-corrected chi connectivity index (χ0v) is 18.7. The Morgan fingerprint density at radius 2 is 1.75 bits per heavy atom. The largest absolute Gasteiger partial charge is 0.344 e. The summed E-state index contributed by atoms with van der Waals surface area (Å²) >= 11 is 0. The van der Waals surface area contributed by atoms with E-state index >= 15 is 0 Å². The van der Waals surface area contributed by atoms with Crippen LogP contribution >= 0.6 is 0 Å². The highest BCUT2D eigenvalue weighted by Crippen LogP contribution is 2.23. The summed E-state index contributed by atoms with van der Waals surface area (Å²) in [5, 5.41) is 2.77. The number of nitrogens with one attached hydrogen (secondary N) is 2. The van der Waals surface area contributed by atoms with Crippen molar-refractivity contribution in [2.75, 3.05) is 46.1 Å². The van der Waals surface area contributed by atoms with E-state index in [0.717, 1.165) is 4.90 Å². The van der Waals surface area contributed by atoms with Gasteiger partial charge in [-0.15, -0.1) is 0 Å². The number of benzene rings is 1. The van der Waals surface area contributed by atoms with Gasteiger partial charge in [-0.1, -0.05) is 19.9 Å². The molecule has 1 aromatic carbocycles. The van der Waals surface area contributed by atoms with Crippen LogP contribution in [0.1, 0.15) is 26.3 Å². The van der Waals surface area contributed by atoms with Crippen LogP contribution in [-0.2, 0) is 19.6 Å². The molecule has 1 rings (SSSR count). The van der Waals surface area contributed by atoms with E-state index in [1.54, 1.807) is 61.0 Å². The molecule has 2 amide bonds. The fraction of sp³-hybridized carbons (Fsp3) is 0.579. The van der Waals surface area contributed by atoms with Gasteiger partial charge < -0.3 is 15.1 Å². The van der Waals surface area contributed by atoms with Gasteiger partial charge in [0, 0.05) is 32.9 Å². The number of amides is 2. The summed E-state index contributed by atoms with van der Waals surface area (Å²) in [4.78, 5) is 26.9. The van der Waals surface area contributed by atoms with E-state index < -0.39 is 16.1 Å². The molecule has 1 aromatic rings. The third-order valence-corrected chi connectivity index (χ3v) is 7.03. The van der Waals surface area contributed by atoms with Crippen molar-refractivity contribution < 1.29 is 22.9 Å². The maximum Gasteiger partial charge on any atom is 0.282 e. The van der Waals surface area contributed by atoms with Gasteiger partial charge >= 0.3 is 0 Å². The quantitative estimate of drug-likeness (QED) is 0.594. The lowest BCUT2D eigenvalue weighted by molar-refractivity contribution is -0.886. The fourth-order valence-corrected chi connectivity index (χ4v) is 4.39. The number of nitrogens with zero attached hydrogens (tertiary/aromatic N) is 2. The van der Waals surface area contributed by atoms with Gasteiger partial charge in [-0.2, -0.15) is 4.31 Å². The van der Waals surface area contributed by atoms with E-state index in [1.165, 1.54) is 15.3 Å².